The van der Waals surface area contributed by atoms with Crippen LogP contribution in [0, 0.1) is 5.82 Å². The lowest BCUT2D eigenvalue weighted by Gasteiger charge is -2.10. The van der Waals surface area contributed by atoms with E-state index in [4.69, 9.17) is 0 Å². The van der Waals surface area contributed by atoms with Crippen molar-refractivity contribution in [1.82, 2.24) is 5.32 Å². The topological polar surface area (TPSA) is 12.0 Å². The van der Waals surface area contributed by atoms with Crippen molar-refractivity contribution in [1.29, 1.82) is 0 Å². The van der Waals surface area contributed by atoms with E-state index in [9.17, 15) is 4.39 Å². The Balaban J connectivity index is 2.04. The van der Waals surface area contributed by atoms with Crippen LogP contribution in [0.4, 0.5) is 4.39 Å². The molecule has 0 unspecified atom stereocenters. The Labute approximate surface area is 101 Å². The molecule has 0 radical (unpaired) electrons. The molecule has 1 aliphatic carbocycles. The second-order valence-corrected chi connectivity index (χ2v) is 5.36. The van der Waals surface area contributed by atoms with Crippen LogP contribution in [0.25, 0.3) is 0 Å². The van der Waals surface area contributed by atoms with Gasteiger partial charge in [-0.15, -0.1) is 11.8 Å². The van der Waals surface area contributed by atoms with Gasteiger partial charge < -0.3 is 5.32 Å². The minimum atomic E-state index is -0.0748. The molecule has 0 aromatic heterocycles. The smallest absolute Gasteiger partial charge is 0.128 e. The van der Waals surface area contributed by atoms with Crippen molar-refractivity contribution in [3.63, 3.8) is 0 Å². The van der Waals surface area contributed by atoms with E-state index in [2.05, 4.69) is 12.2 Å². The molecule has 0 atom stereocenters. The van der Waals surface area contributed by atoms with Crippen molar-refractivity contribution in [2.24, 2.45) is 0 Å². The summed E-state index contributed by atoms with van der Waals surface area (Å²) in [6, 6.07) is 6.00. The minimum absolute atomic E-state index is 0.0748. The molecule has 3 heteroatoms. The first-order chi connectivity index (χ1) is 7.81. The Morgan fingerprint density at radius 1 is 1.44 bits per heavy atom. The van der Waals surface area contributed by atoms with E-state index in [0.29, 0.717) is 12.6 Å². The standard InChI is InChI=1S/C13H18FNS/c1-2-8-16-13-5-3-4-12(14)11(13)9-15-10-6-7-10/h3-5,10,15H,2,6-9H2,1H3. The maximum Gasteiger partial charge on any atom is 0.128 e. The van der Waals surface area contributed by atoms with Crippen LogP contribution in [0.5, 0.6) is 0 Å². The first kappa shape index (κ1) is 11.9. The molecule has 1 saturated carbocycles. The Bertz CT molecular complexity index is 350. The predicted octanol–water partition coefficient (Wildman–Crippen LogP) is 3.58. The molecule has 1 nitrogen and oxygen atoms in total. The fourth-order valence-corrected chi connectivity index (χ4v) is 2.53. The molecule has 0 saturated heterocycles. The molecule has 16 heavy (non-hydrogen) atoms. The van der Waals surface area contributed by atoms with E-state index in [1.807, 2.05) is 6.07 Å². The molecule has 0 heterocycles. The molecule has 0 bridgehead atoms. The van der Waals surface area contributed by atoms with Gasteiger partial charge in [-0.1, -0.05) is 13.0 Å². The summed E-state index contributed by atoms with van der Waals surface area (Å²) < 4.78 is 13.7. The molecular formula is C13H18FNS. The highest BCUT2D eigenvalue weighted by molar-refractivity contribution is 7.99. The van der Waals surface area contributed by atoms with Gasteiger partial charge in [-0.25, -0.2) is 4.39 Å². The van der Waals surface area contributed by atoms with Crippen molar-refractivity contribution in [2.45, 2.75) is 43.7 Å². The van der Waals surface area contributed by atoms with Crippen LogP contribution in [0.15, 0.2) is 23.1 Å². The first-order valence-electron chi connectivity index (χ1n) is 5.95. The summed E-state index contributed by atoms with van der Waals surface area (Å²) in [4.78, 5) is 1.09. The van der Waals surface area contributed by atoms with Crippen molar-refractivity contribution >= 4 is 11.8 Å². The van der Waals surface area contributed by atoms with Crippen molar-refractivity contribution in [3.05, 3.63) is 29.6 Å². The van der Waals surface area contributed by atoms with Crippen molar-refractivity contribution < 1.29 is 4.39 Å². The van der Waals surface area contributed by atoms with Crippen molar-refractivity contribution in [3.8, 4) is 0 Å². The molecular weight excluding hydrogens is 221 g/mol. The average molecular weight is 239 g/mol. The number of hydrogen-bond donors (Lipinski definition) is 1. The highest BCUT2D eigenvalue weighted by atomic mass is 32.2. The summed E-state index contributed by atoms with van der Waals surface area (Å²) in [6.45, 7) is 2.82. The molecule has 1 aromatic carbocycles. The molecule has 2 rings (SSSR count). The van der Waals surface area contributed by atoms with Crippen LogP contribution in [-0.4, -0.2) is 11.8 Å². The molecule has 0 amide bonds. The number of benzene rings is 1. The zero-order valence-corrected chi connectivity index (χ0v) is 10.4. The van der Waals surface area contributed by atoms with Gasteiger partial charge in [0.05, 0.1) is 0 Å². The lowest BCUT2D eigenvalue weighted by atomic mass is 10.2. The molecule has 88 valence electrons. The SMILES string of the molecule is CCCSc1cccc(F)c1CNC1CC1. The average Bonchev–Trinajstić information content (AvgIpc) is 3.09. The van der Waals surface area contributed by atoms with Gasteiger partial charge in [0.2, 0.25) is 0 Å². The zero-order chi connectivity index (χ0) is 11.4. The van der Waals surface area contributed by atoms with Crippen LogP contribution in [0.2, 0.25) is 0 Å². The van der Waals surface area contributed by atoms with Gasteiger partial charge >= 0.3 is 0 Å². The Morgan fingerprint density at radius 3 is 2.94 bits per heavy atom. The van der Waals surface area contributed by atoms with Crippen LogP contribution in [0.3, 0.4) is 0 Å². The van der Waals surface area contributed by atoms with E-state index in [-0.39, 0.29) is 5.82 Å². The van der Waals surface area contributed by atoms with Crippen LogP contribution < -0.4 is 5.32 Å². The van der Waals surface area contributed by atoms with E-state index in [1.165, 1.54) is 12.8 Å². The Morgan fingerprint density at radius 2 is 2.25 bits per heavy atom. The second-order valence-electron chi connectivity index (χ2n) is 4.22. The Hall–Kier alpha value is -0.540. The maximum atomic E-state index is 13.7. The van der Waals surface area contributed by atoms with E-state index in [1.54, 1.807) is 23.9 Å². The van der Waals surface area contributed by atoms with Crippen LogP contribution >= 0.6 is 11.8 Å². The highest BCUT2D eigenvalue weighted by Crippen LogP contribution is 2.27. The highest BCUT2D eigenvalue weighted by Gasteiger charge is 2.21. The molecule has 0 aliphatic heterocycles. The van der Waals surface area contributed by atoms with Crippen LogP contribution in [-0.2, 0) is 6.54 Å². The van der Waals surface area contributed by atoms with E-state index >= 15 is 0 Å². The number of thioether (sulfide) groups is 1. The first-order valence-corrected chi connectivity index (χ1v) is 6.93. The van der Waals surface area contributed by atoms with E-state index < -0.39 is 0 Å². The van der Waals surface area contributed by atoms with Crippen molar-refractivity contribution in [2.75, 3.05) is 5.75 Å². The lowest BCUT2D eigenvalue weighted by molar-refractivity contribution is 0.579. The third-order valence-electron chi connectivity index (χ3n) is 2.68. The minimum Gasteiger partial charge on any atom is -0.310 e. The Kier molecular flexibility index (Phi) is 4.24. The number of hydrogen-bond acceptors (Lipinski definition) is 2. The van der Waals surface area contributed by atoms with Gasteiger partial charge in [0, 0.05) is 23.0 Å². The number of rotatable bonds is 6. The second kappa shape index (κ2) is 5.69. The fraction of sp³-hybridized carbons (Fsp3) is 0.538. The molecule has 1 N–H and O–H groups in total. The van der Waals surface area contributed by atoms with Gasteiger partial charge in [0.15, 0.2) is 0 Å². The summed E-state index contributed by atoms with van der Waals surface area (Å²) in [7, 11) is 0. The predicted molar refractivity (Wildman–Crippen MR) is 67.3 cm³/mol. The number of halogens is 1. The zero-order valence-electron chi connectivity index (χ0n) is 9.63. The summed E-state index contributed by atoms with van der Waals surface area (Å²) in [5.41, 5.74) is 0.841. The quantitative estimate of drug-likeness (QED) is 0.761. The molecule has 1 fully saturated rings. The third-order valence-corrected chi connectivity index (χ3v) is 3.99. The van der Waals surface area contributed by atoms with Gasteiger partial charge in [-0.2, -0.15) is 0 Å². The third kappa shape index (κ3) is 3.22. The normalized spacial score (nSPS) is 15.4. The molecule has 1 aromatic rings. The monoisotopic (exact) mass is 239 g/mol. The largest absolute Gasteiger partial charge is 0.310 e. The lowest BCUT2D eigenvalue weighted by Crippen LogP contribution is -2.16. The van der Waals surface area contributed by atoms with Crippen LogP contribution in [0.1, 0.15) is 31.7 Å². The molecule has 1 aliphatic rings. The van der Waals surface area contributed by atoms with Gasteiger partial charge in [-0.05, 0) is 37.1 Å². The maximum absolute atomic E-state index is 13.7. The van der Waals surface area contributed by atoms with Gasteiger partial charge in [-0.3, -0.25) is 0 Å². The summed E-state index contributed by atoms with van der Waals surface area (Å²) in [6.07, 6.45) is 3.61. The van der Waals surface area contributed by atoms with Gasteiger partial charge in [0.1, 0.15) is 5.82 Å². The van der Waals surface area contributed by atoms with E-state index in [0.717, 1.165) is 22.6 Å². The fourth-order valence-electron chi connectivity index (χ4n) is 1.59. The van der Waals surface area contributed by atoms with Gasteiger partial charge in [0.25, 0.3) is 0 Å². The summed E-state index contributed by atoms with van der Waals surface area (Å²) in [5, 5.41) is 3.38. The molecule has 0 spiro atoms. The summed E-state index contributed by atoms with van der Waals surface area (Å²) in [5.74, 6) is 0.981. The number of nitrogens with one attached hydrogen (secondary N) is 1. The summed E-state index contributed by atoms with van der Waals surface area (Å²) >= 11 is 1.75.